The van der Waals surface area contributed by atoms with Gasteiger partial charge in [-0.15, -0.1) is 0 Å². The van der Waals surface area contributed by atoms with Crippen molar-refractivity contribution in [2.75, 3.05) is 0 Å². The fourth-order valence-electron chi connectivity index (χ4n) is 1.04. The van der Waals surface area contributed by atoms with Crippen LogP contribution in [0.3, 0.4) is 0 Å². The lowest BCUT2D eigenvalue weighted by Gasteiger charge is -1.96. The summed E-state index contributed by atoms with van der Waals surface area (Å²) in [7, 11) is -1.39. The van der Waals surface area contributed by atoms with Crippen molar-refractivity contribution in [3.05, 3.63) is 24.4 Å². The third kappa shape index (κ3) is 1.22. The van der Waals surface area contributed by atoms with Gasteiger partial charge in [-0.1, -0.05) is 12.1 Å². The van der Waals surface area contributed by atoms with Gasteiger partial charge in [-0.25, -0.2) is 0 Å². The molecule has 0 aliphatic heterocycles. The van der Waals surface area contributed by atoms with Crippen LogP contribution in [0, 0.1) is 0 Å². The van der Waals surface area contributed by atoms with Crippen molar-refractivity contribution in [3.8, 4) is 0 Å². The third-order valence-electron chi connectivity index (χ3n) is 1.68. The van der Waals surface area contributed by atoms with Crippen LogP contribution < -0.4 is 5.46 Å². The van der Waals surface area contributed by atoms with Crippen molar-refractivity contribution in [1.82, 2.24) is 4.37 Å². The van der Waals surface area contributed by atoms with Gasteiger partial charge in [-0.05, 0) is 23.1 Å². The summed E-state index contributed by atoms with van der Waals surface area (Å²) in [4.78, 5) is 0. The van der Waals surface area contributed by atoms with Gasteiger partial charge in [0.2, 0.25) is 0 Å². The number of aromatic nitrogens is 1. The molecule has 60 valence electrons. The summed E-state index contributed by atoms with van der Waals surface area (Å²) in [5, 5.41) is 18.8. The molecule has 0 fully saturated rings. The maximum atomic E-state index is 8.86. The highest BCUT2D eigenvalue weighted by atomic mass is 32.1. The van der Waals surface area contributed by atoms with Crippen LogP contribution in [0.25, 0.3) is 10.1 Å². The Morgan fingerprint density at radius 3 is 2.92 bits per heavy atom. The molecule has 12 heavy (non-hydrogen) atoms. The Morgan fingerprint density at radius 2 is 2.17 bits per heavy atom. The summed E-state index contributed by atoms with van der Waals surface area (Å²) < 4.78 is 4.95. The Hall–Kier alpha value is -0.905. The maximum absolute atomic E-state index is 8.86. The second kappa shape index (κ2) is 2.86. The molecule has 0 saturated carbocycles. The van der Waals surface area contributed by atoms with Gasteiger partial charge in [0.15, 0.2) is 0 Å². The first-order valence-corrected chi connectivity index (χ1v) is 4.25. The molecule has 0 aliphatic carbocycles. The van der Waals surface area contributed by atoms with E-state index in [0.29, 0.717) is 5.46 Å². The van der Waals surface area contributed by atoms with E-state index in [4.69, 9.17) is 10.0 Å². The van der Waals surface area contributed by atoms with E-state index in [1.54, 1.807) is 18.3 Å². The van der Waals surface area contributed by atoms with Crippen LogP contribution in [0.5, 0.6) is 0 Å². The van der Waals surface area contributed by atoms with Crippen LogP contribution in [0.2, 0.25) is 0 Å². The first-order chi connectivity index (χ1) is 5.77. The summed E-state index contributed by atoms with van der Waals surface area (Å²) in [6.45, 7) is 0. The molecule has 0 aliphatic rings. The minimum atomic E-state index is -1.39. The molecule has 0 amide bonds. The topological polar surface area (TPSA) is 53.4 Å². The van der Waals surface area contributed by atoms with Gasteiger partial charge in [0, 0.05) is 11.6 Å². The van der Waals surface area contributed by atoms with E-state index in [2.05, 4.69) is 4.37 Å². The molecule has 0 unspecified atom stereocenters. The quantitative estimate of drug-likeness (QED) is 0.604. The van der Waals surface area contributed by atoms with Gasteiger partial charge in [0.25, 0.3) is 0 Å². The summed E-state index contributed by atoms with van der Waals surface area (Å²) in [5.41, 5.74) is 0.506. The number of hydrogen-bond donors (Lipinski definition) is 2. The lowest BCUT2D eigenvalue weighted by Crippen LogP contribution is -2.29. The lowest BCUT2D eigenvalue weighted by molar-refractivity contribution is 0.426. The Labute approximate surface area is 73.6 Å². The van der Waals surface area contributed by atoms with Gasteiger partial charge < -0.3 is 10.0 Å². The summed E-state index contributed by atoms with van der Waals surface area (Å²) in [5.74, 6) is 0. The summed E-state index contributed by atoms with van der Waals surface area (Å²) in [6, 6.07) is 5.24. The normalized spacial score (nSPS) is 10.5. The molecule has 2 N–H and O–H groups in total. The Balaban J connectivity index is 2.60. The van der Waals surface area contributed by atoms with Crippen LogP contribution >= 0.6 is 11.5 Å². The van der Waals surface area contributed by atoms with E-state index in [0.717, 1.165) is 10.1 Å². The molecule has 2 aromatic rings. The molecule has 0 radical (unpaired) electrons. The Morgan fingerprint density at radius 1 is 1.33 bits per heavy atom. The number of fused-ring (bicyclic) bond motifs is 1. The van der Waals surface area contributed by atoms with Crippen molar-refractivity contribution < 1.29 is 10.0 Å². The maximum Gasteiger partial charge on any atom is 0.488 e. The predicted octanol–water partition coefficient (Wildman–Crippen LogP) is -0.0239. The zero-order valence-electron chi connectivity index (χ0n) is 6.14. The van der Waals surface area contributed by atoms with E-state index in [9.17, 15) is 0 Å². The first kappa shape index (κ1) is 7.73. The Kier molecular flexibility index (Phi) is 1.84. The van der Waals surface area contributed by atoms with E-state index >= 15 is 0 Å². The lowest BCUT2D eigenvalue weighted by atomic mass is 9.80. The zero-order valence-corrected chi connectivity index (χ0v) is 6.95. The highest BCUT2D eigenvalue weighted by Gasteiger charge is 2.10. The minimum Gasteiger partial charge on any atom is -0.423 e. The van der Waals surface area contributed by atoms with Crippen LogP contribution in [0.15, 0.2) is 24.4 Å². The fourth-order valence-corrected chi connectivity index (χ4v) is 1.73. The van der Waals surface area contributed by atoms with Crippen molar-refractivity contribution >= 4 is 34.2 Å². The molecule has 3 nitrogen and oxygen atoms in total. The SMILES string of the molecule is OB(O)c1ccc2cnsc2c1. The second-order valence-corrected chi connectivity index (χ2v) is 3.33. The molecule has 1 aromatic heterocycles. The van der Waals surface area contributed by atoms with Crippen LogP contribution in [-0.2, 0) is 0 Å². The largest absolute Gasteiger partial charge is 0.488 e. The van der Waals surface area contributed by atoms with Crippen molar-refractivity contribution in [2.24, 2.45) is 0 Å². The smallest absolute Gasteiger partial charge is 0.423 e. The molecular weight excluding hydrogens is 173 g/mol. The zero-order chi connectivity index (χ0) is 8.55. The average Bonchev–Trinajstić information content (AvgIpc) is 2.49. The van der Waals surface area contributed by atoms with E-state index in [-0.39, 0.29) is 0 Å². The van der Waals surface area contributed by atoms with Gasteiger partial charge in [0.1, 0.15) is 0 Å². The van der Waals surface area contributed by atoms with Gasteiger partial charge in [-0.3, -0.25) is 0 Å². The molecule has 0 saturated heterocycles. The second-order valence-electron chi connectivity index (χ2n) is 2.50. The Bertz CT molecular complexity index is 401. The number of hydrogen-bond acceptors (Lipinski definition) is 4. The van der Waals surface area contributed by atoms with Crippen molar-refractivity contribution in [3.63, 3.8) is 0 Å². The summed E-state index contributed by atoms with van der Waals surface area (Å²) in [6.07, 6.45) is 1.76. The minimum absolute atomic E-state index is 0.506. The van der Waals surface area contributed by atoms with E-state index in [1.807, 2.05) is 6.07 Å². The molecule has 0 bridgehead atoms. The predicted molar refractivity (Wildman–Crippen MR) is 49.4 cm³/mol. The number of nitrogens with zero attached hydrogens (tertiary/aromatic N) is 1. The van der Waals surface area contributed by atoms with E-state index in [1.165, 1.54) is 11.5 Å². The fraction of sp³-hybridized carbons (Fsp3) is 0. The van der Waals surface area contributed by atoms with E-state index < -0.39 is 7.12 Å². The standard InChI is InChI=1S/C7H6BNO2S/c10-8(11)6-2-1-5-4-9-12-7(5)3-6/h1-4,10-11H. The highest BCUT2D eigenvalue weighted by Crippen LogP contribution is 2.15. The van der Waals surface area contributed by atoms with Crippen molar-refractivity contribution in [1.29, 1.82) is 0 Å². The molecule has 2 rings (SSSR count). The van der Waals surface area contributed by atoms with Gasteiger partial charge >= 0.3 is 7.12 Å². The molecule has 0 spiro atoms. The highest BCUT2D eigenvalue weighted by molar-refractivity contribution is 7.13. The molecule has 1 aromatic carbocycles. The summed E-state index contributed by atoms with van der Waals surface area (Å²) >= 11 is 1.35. The van der Waals surface area contributed by atoms with Gasteiger partial charge in [-0.2, -0.15) is 4.37 Å². The molecule has 5 heteroatoms. The number of benzene rings is 1. The molecule has 0 atom stereocenters. The van der Waals surface area contributed by atoms with Crippen LogP contribution in [0.4, 0.5) is 0 Å². The van der Waals surface area contributed by atoms with Gasteiger partial charge in [0.05, 0.1) is 4.70 Å². The molecule has 1 heterocycles. The molecular formula is C7H6BNO2S. The number of rotatable bonds is 1. The van der Waals surface area contributed by atoms with Crippen molar-refractivity contribution in [2.45, 2.75) is 0 Å². The third-order valence-corrected chi connectivity index (χ3v) is 2.44. The van der Waals surface area contributed by atoms with Crippen LogP contribution in [0.1, 0.15) is 0 Å². The average molecular weight is 179 g/mol. The first-order valence-electron chi connectivity index (χ1n) is 3.48. The monoisotopic (exact) mass is 179 g/mol. The van der Waals surface area contributed by atoms with Crippen LogP contribution in [-0.4, -0.2) is 21.5 Å².